The molecule has 0 saturated carbocycles. The lowest BCUT2D eigenvalue weighted by Crippen LogP contribution is -2.31. The number of hydrogen-bond donors (Lipinski definition) is 0. The molecule has 0 aliphatic rings. The van der Waals surface area contributed by atoms with Crippen molar-refractivity contribution in [2.24, 2.45) is 7.05 Å². The van der Waals surface area contributed by atoms with E-state index in [-0.39, 0.29) is 5.56 Å². The van der Waals surface area contributed by atoms with Gasteiger partial charge in [0.15, 0.2) is 0 Å². The van der Waals surface area contributed by atoms with Crippen LogP contribution in [0.2, 0.25) is 0 Å². The lowest BCUT2D eigenvalue weighted by molar-refractivity contribution is 0.846. The fraction of sp³-hybridized carbons (Fsp3) is 0.0303. The maximum atomic E-state index is 13.6. The minimum absolute atomic E-state index is 0.00954. The Hall–Kier alpha value is -4.76. The molecule has 0 atom stereocenters. The van der Waals surface area contributed by atoms with Crippen LogP contribution in [0.1, 0.15) is 5.69 Å². The van der Waals surface area contributed by atoms with Crippen LogP contribution in [0.5, 0.6) is 0 Å². The Labute approximate surface area is 205 Å². The van der Waals surface area contributed by atoms with Crippen LogP contribution in [0.4, 0.5) is 0 Å². The number of aromatic nitrogens is 2. The van der Waals surface area contributed by atoms with Gasteiger partial charge < -0.3 is 4.57 Å². The third kappa shape index (κ3) is 2.47. The Bertz CT molecular complexity index is 2240. The molecule has 0 aliphatic heterocycles. The van der Waals surface area contributed by atoms with Crippen molar-refractivity contribution in [3.8, 4) is 0 Å². The molecule has 0 amide bonds. The largest absolute Gasteiger partial charge is 0.311 e. The molecule has 8 aromatic rings. The molecule has 2 aromatic heterocycles. The zero-order chi connectivity index (χ0) is 24.0. The Balaban J connectivity index is 1.58. The minimum atomic E-state index is 0.00954. The topological polar surface area (TPSA) is 34.9 Å². The summed E-state index contributed by atoms with van der Waals surface area (Å²) in [5.41, 5.74) is 1.79. The van der Waals surface area contributed by atoms with Gasteiger partial charge in [-0.3, -0.25) is 4.79 Å². The second-order valence-corrected chi connectivity index (χ2v) is 9.60. The summed E-state index contributed by atoms with van der Waals surface area (Å²) in [6, 6.07) is 33.7. The SMILES string of the molecule is Cn1c(=O)c2ccc3c4cccc5cccc(c6ccc(/c1=C/c1ccc7ccccc7n1)c2c36)c54. The zero-order valence-corrected chi connectivity index (χ0v) is 19.6. The number of rotatable bonds is 1. The van der Waals surface area contributed by atoms with Crippen molar-refractivity contribution in [3.63, 3.8) is 0 Å². The van der Waals surface area contributed by atoms with Crippen molar-refractivity contribution in [2.45, 2.75) is 0 Å². The summed E-state index contributed by atoms with van der Waals surface area (Å²) >= 11 is 0. The monoisotopic (exact) mass is 460 g/mol. The van der Waals surface area contributed by atoms with Crippen LogP contribution in [0.3, 0.4) is 0 Å². The van der Waals surface area contributed by atoms with Crippen molar-refractivity contribution in [2.75, 3.05) is 0 Å². The van der Waals surface area contributed by atoms with E-state index < -0.39 is 0 Å². The Kier molecular flexibility index (Phi) is 3.74. The Morgan fingerprint density at radius 2 is 1.19 bits per heavy atom. The first-order valence-corrected chi connectivity index (χ1v) is 12.2. The van der Waals surface area contributed by atoms with Crippen LogP contribution in [-0.2, 0) is 7.05 Å². The predicted octanol–water partition coefficient (Wildman–Crippen LogP) is 6.69. The van der Waals surface area contributed by atoms with E-state index in [0.29, 0.717) is 0 Å². The first kappa shape index (κ1) is 19.5. The number of pyridine rings is 2. The summed E-state index contributed by atoms with van der Waals surface area (Å²) in [5.74, 6) is 0. The molecule has 3 nitrogen and oxygen atoms in total. The molecule has 36 heavy (non-hydrogen) atoms. The van der Waals surface area contributed by atoms with Crippen LogP contribution < -0.4 is 10.9 Å². The molecule has 0 radical (unpaired) electrons. The first-order chi connectivity index (χ1) is 17.7. The van der Waals surface area contributed by atoms with Crippen molar-refractivity contribution < 1.29 is 0 Å². The lowest BCUT2D eigenvalue weighted by Gasteiger charge is -2.17. The van der Waals surface area contributed by atoms with Crippen LogP contribution >= 0.6 is 0 Å². The van der Waals surface area contributed by atoms with Crippen LogP contribution in [0, 0.1) is 0 Å². The van der Waals surface area contributed by atoms with Gasteiger partial charge in [-0.2, -0.15) is 0 Å². The normalized spacial score (nSPS) is 12.9. The van der Waals surface area contributed by atoms with Crippen molar-refractivity contribution >= 4 is 70.8 Å². The second kappa shape index (κ2) is 6.89. The fourth-order valence-corrected chi connectivity index (χ4v) is 6.07. The molecule has 0 saturated heterocycles. The molecule has 0 N–H and O–H groups in total. The highest BCUT2D eigenvalue weighted by molar-refractivity contribution is 6.36. The van der Waals surface area contributed by atoms with Crippen molar-refractivity contribution in [3.05, 3.63) is 118 Å². The summed E-state index contributed by atoms with van der Waals surface area (Å²) in [4.78, 5) is 18.5. The van der Waals surface area contributed by atoms with Gasteiger partial charge in [-0.15, -0.1) is 0 Å². The molecule has 168 valence electrons. The van der Waals surface area contributed by atoms with Gasteiger partial charge in [0.2, 0.25) is 0 Å². The second-order valence-electron chi connectivity index (χ2n) is 9.60. The fourth-order valence-electron chi connectivity index (χ4n) is 6.07. The van der Waals surface area contributed by atoms with Crippen LogP contribution in [0.15, 0.2) is 102 Å². The zero-order valence-electron chi connectivity index (χ0n) is 19.6. The summed E-state index contributed by atoms with van der Waals surface area (Å²) in [5, 5.41) is 13.3. The molecule has 0 unspecified atom stereocenters. The van der Waals surface area contributed by atoms with E-state index in [4.69, 9.17) is 4.98 Å². The molecule has 0 aliphatic carbocycles. The lowest BCUT2D eigenvalue weighted by atomic mass is 9.87. The third-order valence-corrected chi connectivity index (χ3v) is 7.72. The van der Waals surface area contributed by atoms with Gasteiger partial charge in [0, 0.05) is 28.6 Å². The molecule has 0 spiro atoms. The average molecular weight is 461 g/mol. The maximum absolute atomic E-state index is 13.6. The van der Waals surface area contributed by atoms with E-state index in [2.05, 4.69) is 66.7 Å². The van der Waals surface area contributed by atoms with E-state index in [1.54, 1.807) is 4.57 Å². The van der Waals surface area contributed by atoms with Gasteiger partial charge in [0.1, 0.15) is 0 Å². The maximum Gasteiger partial charge on any atom is 0.258 e. The van der Waals surface area contributed by atoms with Crippen LogP contribution in [0.25, 0.3) is 70.8 Å². The molecule has 0 fully saturated rings. The summed E-state index contributed by atoms with van der Waals surface area (Å²) < 4.78 is 1.76. The van der Waals surface area contributed by atoms with Crippen molar-refractivity contribution in [1.82, 2.24) is 9.55 Å². The molecule has 0 bridgehead atoms. The van der Waals surface area contributed by atoms with Gasteiger partial charge in [-0.05, 0) is 62.0 Å². The van der Waals surface area contributed by atoms with Crippen molar-refractivity contribution in [1.29, 1.82) is 0 Å². The molecular formula is C33H20N2O. The molecular weight excluding hydrogens is 440 g/mol. The smallest absolute Gasteiger partial charge is 0.258 e. The van der Waals surface area contributed by atoms with Gasteiger partial charge in [-0.25, -0.2) is 4.98 Å². The molecule has 8 rings (SSSR count). The number of fused-ring (bicyclic) bond motifs is 3. The molecule has 2 heterocycles. The van der Waals surface area contributed by atoms with Crippen LogP contribution in [-0.4, -0.2) is 9.55 Å². The van der Waals surface area contributed by atoms with Gasteiger partial charge in [0.25, 0.3) is 5.56 Å². The van der Waals surface area contributed by atoms with E-state index in [0.717, 1.165) is 43.5 Å². The molecule has 6 aromatic carbocycles. The predicted molar refractivity (Wildman–Crippen MR) is 151 cm³/mol. The summed E-state index contributed by atoms with van der Waals surface area (Å²) in [7, 11) is 1.85. The highest BCUT2D eigenvalue weighted by atomic mass is 16.1. The highest BCUT2D eigenvalue weighted by Crippen LogP contribution is 2.41. The Morgan fingerprint density at radius 3 is 1.97 bits per heavy atom. The van der Waals surface area contributed by atoms with Gasteiger partial charge in [0.05, 0.1) is 16.6 Å². The van der Waals surface area contributed by atoms with E-state index >= 15 is 0 Å². The number of para-hydroxylation sites is 1. The standard InChI is InChI=1S/C33H20N2O/c1-35-29(18-21-13-12-19-6-2-3-11-28(19)34-21)26-16-14-24-22-9-4-7-20-8-5-10-23(30(20)22)25-15-17-27(33(35)36)32(26)31(24)25/h2-18H,1H3/b29-18-. The number of benzene rings is 6. The van der Waals surface area contributed by atoms with Gasteiger partial charge >= 0.3 is 0 Å². The number of hydrogen-bond acceptors (Lipinski definition) is 2. The van der Waals surface area contributed by atoms with E-state index in [1.807, 2.05) is 43.5 Å². The summed E-state index contributed by atoms with van der Waals surface area (Å²) in [6.45, 7) is 0. The molecule has 3 heteroatoms. The third-order valence-electron chi connectivity index (χ3n) is 7.72. The van der Waals surface area contributed by atoms with E-state index in [1.165, 1.54) is 32.3 Å². The Morgan fingerprint density at radius 1 is 0.583 bits per heavy atom. The summed E-state index contributed by atoms with van der Waals surface area (Å²) in [6.07, 6.45) is 2.04. The number of nitrogens with zero attached hydrogens (tertiary/aromatic N) is 2. The average Bonchev–Trinajstić information content (AvgIpc) is 2.93. The quantitative estimate of drug-likeness (QED) is 0.202. The van der Waals surface area contributed by atoms with Gasteiger partial charge in [-0.1, -0.05) is 78.9 Å². The minimum Gasteiger partial charge on any atom is -0.311 e. The highest BCUT2D eigenvalue weighted by Gasteiger charge is 2.18. The first-order valence-electron chi connectivity index (χ1n) is 12.2. The van der Waals surface area contributed by atoms with E-state index in [9.17, 15) is 4.79 Å².